The maximum absolute atomic E-state index is 12.6. The molecule has 0 unspecified atom stereocenters. The van der Waals surface area contributed by atoms with Crippen molar-refractivity contribution in [2.24, 2.45) is 5.73 Å². The van der Waals surface area contributed by atoms with Gasteiger partial charge in [-0.25, -0.2) is 8.42 Å². The number of hydrogen-bond donors (Lipinski definition) is 1. The second kappa shape index (κ2) is 6.68. The normalized spacial score (nSPS) is 20.7. The Hall–Kier alpha value is -0.670. The van der Waals surface area contributed by atoms with Gasteiger partial charge in [0.15, 0.2) is 0 Å². The smallest absolute Gasteiger partial charge is 0.243 e. The Morgan fingerprint density at radius 2 is 1.61 bits per heavy atom. The summed E-state index contributed by atoms with van der Waals surface area (Å²) < 4.78 is 27.4. The molecule has 9 heteroatoms. The summed E-state index contributed by atoms with van der Waals surface area (Å²) in [6.45, 7) is 1.40. The van der Waals surface area contributed by atoms with Crippen LogP contribution in [0, 0.1) is 0 Å². The highest BCUT2D eigenvalue weighted by molar-refractivity contribution is 9.10. The van der Waals surface area contributed by atoms with E-state index in [9.17, 15) is 13.2 Å². The zero-order valence-corrected chi connectivity index (χ0v) is 15.7. The first-order valence-corrected chi connectivity index (χ1v) is 9.40. The van der Waals surface area contributed by atoms with Gasteiger partial charge < -0.3 is 10.6 Å². The van der Waals surface area contributed by atoms with Crippen molar-refractivity contribution in [2.45, 2.75) is 23.3 Å². The Morgan fingerprint density at radius 3 is 2.09 bits per heavy atom. The van der Waals surface area contributed by atoms with Crippen LogP contribution < -0.4 is 5.73 Å². The molecule has 23 heavy (non-hydrogen) atoms. The third kappa shape index (κ3) is 3.71. The van der Waals surface area contributed by atoms with Gasteiger partial charge in [0, 0.05) is 30.7 Å². The number of rotatable bonds is 3. The summed E-state index contributed by atoms with van der Waals surface area (Å²) in [5.41, 5.74) is 5.23. The summed E-state index contributed by atoms with van der Waals surface area (Å²) in [6, 6.07) is 6.57. The number of benzene rings is 1. The molecule has 2 aliphatic rings. The Labute approximate surface area is 150 Å². The molecular weight excluding hydrogens is 406 g/mol. The van der Waals surface area contributed by atoms with Crippen molar-refractivity contribution >= 4 is 44.3 Å². The number of nitrogens with zero attached hydrogens (tertiary/aromatic N) is 2. The molecule has 1 heterocycles. The summed E-state index contributed by atoms with van der Waals surface area (Å²) in [4.78, 5) is 14.1. The molecule has 2 N–H and O–H groups in total. The maximum Gasteiger partial charge on any atom is 0.243 e. The van der Waals surface area contributed by atoms with Crippen LogP contribution in [0.25, 0.3) is 0 Å². The molecule has 2 fully saturated rings. The molecule has 1 aromatic carbocycles. The number of piperazine rings is 1. The third-order valence-electron chi connectivity index (χ3n) is 4.19. The quantitative estimate of drug-likeness (QED) is 0.790. The second-order valence-corrected chi connectivity index (χ2v) is 8.66. The van der Waals surface area contributed by atoms with E-state index < -0.39 is 15.6 Å². The van der Waals surface area contributed by atoms with Gasteiger partial charge in [-0.15, -0.1) is 12.4 Å². The van der Waals surface area contributed by atoms with Crippen molar-refractivity contribution < 1.29 is 13.2 Å². The lowest BCUT2D eigenvalue weighted by Crippen LogP contribution is -2.55. The topological polar surface area (TPSA) is 83.7 Å². The molecule has 1 saturated carbocycles. The fourth-order valence-corrected chi connectivity index (χ4v) is 4.24. The Bertz CT molecular complexity index is 684. The van der Waals surface area contributed by atoms with Gasteiger partial charge in [0.1, 0.15) is 0 Å². The molecule has 128 valence electrons. The van der Waals surface area contributed by atoms with Gasteiger partial charge in [-0.2, -0.15) is 4.31 Å². The molecule has 0 atom stereocenters. The lowest BCUT2D eigenvalue weighted by Gasteiger charge is -2.35. The minimum Gasteiger partial charge on any atom is -0.338 e. The molecule has 1 aromatic rings. The van der Waals surface area contributed by atoms with Crippen molar-refractivity contribution in [1.82, 2.24) is 9.21 Å². The van der Waals surface area contributed by atoms with Gasteiger partial charge in [-0.3, -0.25) is 4.79 Å². The average molecular weight is 425 g/mol. The fraction of sp³-hybridized carbons (Fsp3) is 0.500. The van der Waals surface area contributed by atoms with Gasteiger partial charge in [0.05, 0.1) is 10.4 Å². The molecule has 6 nitrogen and oxygen atoms in total. The standard InChI is InChI=1S/C14H18BrN3O3S.ClH/c15-11-1-3-12(4-2-11)22(20,21)18-9-7-17(8-10-18)13(19)14(16)5-6-14;/h1-4H,5-10,16H2;1H. The predicted molar refractivity (Wildman–Crippen MR) is 92.9 cm³/mol. The minimum absolute atomic E-state index is 0. The summed E-state index contributed by atoms with van der Waals surface area (Å²) in [5.74, 6) is -0.0480. The summed E-state index contributed by atoms with van der Waals surface area (Å²) in [6.07, 6.45) is 1.45. The first kappa shape index (κ1) is 18.7. The summed E-state index contributed by atoms with van der Waals surface area (Å²) in [7, 11) is -3.50. The van der Waals surface area contributed by atoms with Crippen LogP contribution in [0.5, 0.6) is 0 Å². The minimum atomic E-state index is -3.50. The van der Waals surface area contributed by atoms with Crippen molar-refractivity contribution in [2.75, 3.05) is 26.2 Å². The zero-order chi connectivity index (χ0) is 16.0. The Kier molecular flexibility index (Phi) is 5.42. The van der Waals surface area contributed by atoms with Crippen molar-refractivity contribution in [3.05, 3.63) is 28.7 Å². The van der Waals surface area contributed by atoms with Crippen LogP contribution in [-0.4, -0.2) is 55.2 Å². The maximum atomic E-state index is 12.6. The van der Waals surface area contributed by atoms with Crippen LogP contribution >= 0.6 is 28.3 Å². The SMILES string of the molecule is Cl.NC1(C(=O)N2CCN(S(=O)(=O)c3ccc(Br)cc3)CC2)CC1. The van der Waals surface area contributed by atoms with Crippen LogP contribution in [-0.2, 0) is 14.8 Å². The van der Waals surface area contributed by atoms with Gasteiger partial charge in [-0.05, 0) is 37.1 Å². The van der Waals surface area contributed by atoms with Crippen LogP contribution in [0.1, 0.15) is 12.8 Å². The molecular formula is C14H19BrClN3O3S. The number of carbonyl (C=O) groups excluding carboxylic acids is 1. The highest BCUT2D eigenvalue weighted by atomic mass is 79.9. The summed E-state index contributed by atoms with van der Waals surface area (Å²) >= 11 is 3.29. The number of halogens is 2. The molecule has 1 aliphatic carbocycles. The molecule has 1 amide bonds. The Morgan fingerprint density at radius 1 is 1.09 bits per heavy atom. The van der Waals surface area contributed by atoms with E-state index in [1.54, 1.807) is 29.2 Å². The molecule has 0 aromatic heterocycles. The van der Waals surface area contributed by atoms with E-state index in [2.05, 4.69) is 15.9 Å². The lowest BCUT2D eigenvalue weighted by atomic mass is 10.2. The van der Waals surface area contributed by atoms with Crippen molar-refractivity contribution in [1.29, 1.82) is 0 Å². The molecule has 1 saturated heterocycles. The molecule has 0 spiro atoms. The van der Waals surface area contributed by atoms with E-state index in [1.165, 1.54) is 4.31 Å². The summed E-state index contributed by atoms with van der Waals surface area (Å²) in [5, 5.41) is 0. The molecule has 0 bridgehead atoms. The number of amides is 1. The number of carbonyl (C=O) groups is 1. The van der Waals surface area contributed by atoms with Gasteiger partial charge in [0.2, 0.25) is 15.9 Å². The van der Waals surface area contributed by atoms with E-state index in [-0.39, 0.29) is 23.2 Å². The van der Waals surface area contributed by atoms with Gasteiger partial charge in [-0.1, -0.05) is 15.9 Å². The van der Waals surface area contributed by atoms with Crippen molar-refractivity contribution in [3.8, 4) is 0 Å². The monoisotopic (exact) mass is 423 g/mol. The highest BCUT2D eigenvalue weighted by Gasteiger charge is 2.48. The number of sulfonamides is 1. The molecule has 1 aliphatic heterocycles. The second-order valence-electron chi connectivity index (χ2n) is 5.81. The lowest BCUT2D eigenvalue weighted by molar-refractivity contribution is -0.134. The number of hydrogen-bond acceptors (Lipinski definition) is 4. The first-order chi connectivity index (χ1) is 10.3. The van der Waals surface area contributed by atoms with E-state index in [0.29, 0.717) is 26.2 Å². The number of nitrogens with two attached hydrogens (primary N) is 1. The Balaban J connectivity index is 0.00000192. The van der Waals surface area contributed by atoms with E-state index >= 15 is 0 Å². The van der Waals surface area contributed by atoms with Gasteiger partial charge >= 0.3 is 0 Å². The van der Waals surface area contributed by atoms with Crippen LogP contribution in [0.2, 0.25) is 0 Å². The van der Waals surface area contributed by atoms with Crippen LogP contribution in [0.4, 0.5) is 0 Å². The fourth-order valence-electron chi connectivity index (χ4n) is 2.55. The van der Waals surface area contributed by atoms with Crippen LogP contribution in [0.15, 0.2) is 33.6 Å². The van der Waals surface area contributed by atoms with Crippen molar-refractivity contribution in [3.63, 3.8) is 0 Å². The van der Waals surface area contributed by atoms with E-state index in [0.717, 1.165) is 17.3 Å². The van der Waals surface area contributed by atoms with E-state index in [1.807, 2.05) is 0 Å². The first-order valence-electron chi connectivity index (χ1n) is 7.17. The molecule has 0 radical (unpaired) electrons. The highest BCUT2D eigenvalue weighted by Crippen LogP contribution is 2.34. The zero-order valence-electron chi connectivity index (χ0n) is 12.4. The van der Waals surface area contributed by atoms with Gasteiger partial charge in [0.25, 0.3) is 0 Å². The molecule has 3 rings (SSSR count). The van der Waals surface area contributed by atoms with E-state index in [4.69, 9.17) is 5.73 Å². The van der Waals surface area contributed by atoms with Crippen LogP contribution in [0.3, 0.4) is 0 Å². The largest absolute Gasteiger partial charge is 0.338 e. The average Bonchev–Trinajstić information content (AvgIpc) is 3.26. The third-order valence-corrected chi connectivity index (χ3v) is 6.63. The predicted octanol–water partition coefficient (Wildman–Crippen LogP) is 1.20.